The molecule has 2 N–H and O–H groups in total. The number of ether oxygens (including phenoxy) is 3. The van der Waals surface area contributed by atoms with Crippen LogP contribution in [0.5, 0.6) is 11.5 Å². The minimum absolute atomic E-state index is 0.0748. The first-order valence-electron chi connectivity index (χ1n) is 15.8. The molecule has 15 heteroatoms. The average Bonchev–Trinajstić information content (AvgIpc) is 3.74. The molecule has 0 saturated carbocycles. The molecule has 0 bridgehead atoms. The highest BCUT2D eigenvalue weighted by atomic mass is 35.5. The monoisotopic (exact) mass is 725 g/mol. The van der Waals surface area contributed by atoms with Crippen LogP contribution in [0.2, 0.25) is 5.02 Å². The quantitative estimate of drug-likeness (QED) is 0.161. The van der Waals surface area contributed by atoms with Crippen molar-refractivity contribution in [3.8, 4) is 11.5 Å². The lowest BCUT2D eigenvalue weighted by Gasteiger charge is -2.29. The van der Waals surface area contributed by atoms with E-state index in [1.165, 1.54) is 20.4 Å². The molecule has 4 rings (SSSR count). The molecule has 1 aromatic heterocycles. The number of benzene rings is 2. The molecule has 1 aliphatic heterocycles. The van der Waals surface area contributed by atoms with Crippen LogP contribution in [0.3, 0.4) is 0 Å². The van der Waals surface area contributed by atoms with Crippen LogP contribution in [0.4, 0.5) is 20.0 Å². The highest BCUT2D eigenvalue weighted by Gasteiger charge is 2.33. The number of anilines is 2. The molecule has 0 radical (unpaired) electrons. The van der Waals surface area contributed by atoms with Gasteiger partial charge in [0.25, 0.3) is 10.0 Å². The standard InChI is InChI=1S/C33H45ClFN5O6S2/c1-22(38-20-24-10-8-15-39(24)32(41)46-33(2,3)4)9-7-13-36-28-19-27(35)30(18-26(28)34)48(42,43)40(31-37-14-16-47-31)21-23-11-12-25(44-5)17-29(23)45-6/h11-12,14,16-19,22,24,36,38H,7-10,13,15,20-21H2,1-6H3. The maximum atomic E-state index is 15.6. The van der Waals surface area contributed by atoms with Crippen LogP contribution in [0.25, 0.3) is 0 Å². The van der Waals surface area contributed by atoms with Gasteiger partial charge >= 0.3 is 6.09 Å². The van der Waals surface area contributed by atoms with Crippen molar-refractivity contribution in [1.82, 2.24) is 15.2 Å². The third-order valence-electron chi connectivity index (χ3n) is 7.87. The summed E-state index contributed by atoms with van der Waals surface area (Å²) in [7, 11) is -1.44. The minimum atomic E-state index is -4.43. The third-order valence-corrected chi connectivity index (χ3v) is 10.8. The van der Waals surface area contributed by atoms with Crippen molar-refractivity contribution in [2.24, 2.45) is 0 Å². The number of carbonyl (C=O) groups is 1. The summed E-state index contributed by atoms with van der Waals surface area (Å²) < 4.78 is 60.7. The van der Waals surface area contributed by atoms with Gasteiger partial charge in [-0.1, -0.05) is 11.6 Å². The number of nitrogens with zero attached hydrogens (tertiary/aromatic N) is 3. The predicted molar refractivity (Wildman–Crippen MR) is 188 cm³/mol. The van der Waals surface area contributed by atoms with Gasteiger partial charge in [-0.15, -0.1) is 11.3 Å². The molecule has 11 nitrogen and oxygen atoms in total. The molecular weight excluding hydrogens is 681 g/mol. The van der Waals surface area contributed by atoms with E-state index in [-0.39, 0.29) is 34.9 Å². The predicted octanol–water partition coefficient (Wildman–Crippen LogP) is 6.92. The normalized spacial score (nSPS) is 15.7. The molecule has 3 aromatic rings. The van der Waals surface area contributed by atoms with Crippen LogP contribution in [0.15, 0.2) is 46.8 Å². The van der Waals surface area contributed by atoms with Gasteiger partial charge in [-0.05, 0) is 77.6 Å². The Morgan fingerprint density at radius 3 is 2.67 bits per heavy atom. The van der Waals surface area contributed by atoms with Crippen LogP contribution in [-0.2, 0) is 21.3 Å². The first kappa shape index (κ1) is 37.5. The molecule has 48 heavy (non-hydrogen) atoms. The van der Waals surface area contributed by atoms with Gasteiger partial charge in [0.1, 0.15) is 27.8 Å². The first-order valence-corrected chi connectivity index (χ1v) is 18.5. The molecule has 2 aromatic carbocycles. The number of sulfonamides is 1. The van der Waals surface area contributed by atoms with Crippen molar-refractivity contribution in [1.29, 1.82) is 0 Å². The van der Waals surface area contributed by atoms with Crippen molar-refractivity contribution in [2.45, 2.75) is 82.5 Å². The molecule has 2 heterocycles. The SMILES string of the molecule is COc1ccc(CN(c2nccs2)S(=O)(=O)c2cc(Cl)c(NCCCC(C)NCC3CCCN3C(=O)OC(C)(C)C)cc2F)c(OC)c1. The number of hydrogen-bond acceptors (Lipinski definition) is 10. The molecule has 0 spiro atoms. The summed E-state index contributed by atoms with van der Waals surface area (Å²) in [6.07, 6.45) is 4.63. The Bertz CT molecular complexity index is 1640. The topological polar surface area (TPSA) is 122 Å². The molecule has 2 atom stereocenters. The molecule has 1 saturated heterocycles. The zero-order chi connectivity index (χ0) is 35.1. The molecule has 2 unspecified atom stereocenters. The van der Waals surface area contributed by atoms with Crippen LogP contribution >= 0.6 is 22.9 Å². The highest BCUT2D eigenvalue weighted by molar-refractivity contribution is 7.93. The maximum absolute atomic E-state index is 15.6. The Morgan fingerprint density at radius 2 is 2.00 bits per heavy atom. The Balaban J connectivity index is 1.36. The summed E-state index contributed by atoms with van der Waals surface area (Å²) in [5.41, 5.74) is 0.298. The fourth-order valence-corrected chi connectivity index (χ4v) is 8.03. The van der Waals surface area contributed by atoms with Gasteiger partial charge in [0.2, 0.25) is 0 Å². The summed E-state index contributed by atoms with van der Waals surface area (Å²) in [5.74, 6) is 0.0166. The van der Waals surface area contributed by atoms with Gasteiger partial charge in [-0.2, -0.15) is 0 Å². The summed E-state index contributed by atoms with van der Waals surface area (Å²) in [5, 5.41) is 8.53. The van der Waals surface area contributed by atoms with E-state index < -0.39 is 26.3 Å². The zero-order valence-electron chi connectivity index (χ0n) is 28.2. The molecule has 264 valence electrons. The zero-order valence-corrected chi connectivity index (χ0v) is 30.6. The Morgan fingerprint density at radius 1 is 1.23 bits per heavy atom. The van der Waals surface area contributed by atoms with Crippen LogP contribution in [-0.4, -0.2) is 75.9 Å². The van der Waals surface area contributed by atoms with Crippen LogP contribution in [0.1, 0.15) is 58.9 Å². The van der Waals surface area contributed by atoms with Gasteiger partial charge in [0.05, 0.1) is 31.5 Å². The van der Waals surface area contributed by atoms with E-state index in [1.807, 2.05) is 20.8 Å². The number of nitrogens with one attached hydrogen (secondary N) is 2. The van der Waals surface area contributed by atoms with Gasteiger partial charge in [0, 0.05) is 54.9 Å². The largest absolute Gasteiger partial charge is 0.497 e. The third kappa shape index (κ3) is 9.64. The minimum Gasteiger partial charge on any atom is -0.497 e. The molecule has 1 fully saturated rings. The van der Waals surface area contributed by atoms with E-state index in [9.17, 15) is 13.2 Å². The second-order valence-electron chi connectivity index (χ2n) is 12.6. The Labute approximate surface area is 291 Å². The van der Waals surface area contributed by atoms with E-state index >= 15 is 4.39 Å². The van der Waals surface area contributed by atoms with Gasteiger partial charge in [-0.25, -0.2) is 26.9 Å². The van der Waals surface area contributed by atoms with E-state index in [2.05, 4.69) is 22.5 Å². The highest BCUT2D eigenvalue weighted by Crippen LogP contribution is 2.35. The van der Waals surface area contributed by atoms with Crippen molar-refractivity contribution in [3.05, 3.63) is 58.3 Å². The summed E-state index contributed by atoms with van der Waals surface area (Å²) in [4.78, 5) is 18.0. The van der Waals surface area contributed by atoms with Crippen LogP contribution < -0.4 is 24.4 Å². The van der Waals surface area contributed by atoms with Crippen molar-refractivity contribution >= 4 is 49.9 Å². The Hall–Kier alpha value is -3.33. The average molecular weight is 726 g/mol. The van der Waals surface area contributed by atoms with Crippen molar-refractivity contribution in [3.63, 3.8) is 0 Å². The van der Waals surface area contributed by atoms with Crippen molar-refractivity contribution in [2.75, 3.05) is 43.5 Å². The second kappa shape index (κ2) is 16.4. The molecular formula is C33H45ClFN5O6S2. The van der Waals surface area contributed by atoms with Crippen molar-refractivity contribution < 1.29 is 31.8 Å². The lowest BCUT2D eigenvalue weighted by molar-refractivity contribution is 0.0225. The van der Waals surface area contributed by atoms with E-state index in [1.54, 1.807) is 28.5 Å². The van der Waals surface area contributed by atoms with Gasteiger partial charge in [-0.3, -0.25) is 0 Å². The fourth-order valence-electron chi connectivity index (χ4n) is 5.39. The number of rotatable bonds is 15. The molecule has 0 aliphatic carbocycles. The second-order valence-corrected chi connectivity index (χ2v) is 15.7. The maximum Gasteiger partial charge on any atom is 0.410 e. The lowest BCUT2D eigenvalue weighted by Crippen LogP contribution is -2.45. The summed E-state index contributed by atoms with van der Waals surface area (Å²) in [6.45, 7) is 9.37. The Kier molecular flexibility index (Phi) is 12.8. The van der Waals surface area contributed by atoms with E-state index in [0.29, 0.717) is 42.4 Å². The smallest absolute Gasteiger partial charge is 0.410 e. The number of hydrogen-bond donors (Lipinski definition) is 2. The number of thiazole rings is 1. The van der Waals surface area contributed by atoms with Gasteiger partial charge in [0.15, 0.2) is 5.13 Å². The number of likely N-dealkylation sites (tertiary alicyclic amines) is 1. The van der Waals surface area contributed by atoms with E-state index in [0.717, 1.165) is 53.5 Å². The number of carbonyl (C=O) groups excluding carboxylic acids is 1. The number of aromatic nitrogens is 1. The lowest BCUT2D eigenvalue weighted by atomic mass is 10.1. The summed E-state index contributed by atoms with van der Waals surface area (Å²) >= 11 is 7.62. The molecule has 1 aliphatic rings. The van der Waals surface area contributed by atoms with Gasteiger partial charge < -0.3 is 29.7 Å². The number of amides is 1. The van der Waals surface area contributed by atoms with E-state index in [4.69, 9.17) is 25.8 Å². The number of halogens is 2. The fraction of sp³-hybridized carbons (Fsp3) is 0.515. The first-order chi connectivity index (χ1) is 22.7. The number of methoxy groups -OCH3 is 2. The van der Waals surface area contributed by atoms with Crippen LogP contribution in [0, 0.1) is 5.82 Å². The summed E-state index contributed by atoms with van der Waals surface area (Å²) in [6, 6.07) is 7.52. The molecule has 1 amide bonds.